The van der Waals surface area contributed by atoms with Gasteiger partial charge in [0.25, 0.3) is 0 Å². The summed E-state index contributed by atoms with van der Waals surface area (Å²) >= 11 is 6.03. The fraction of sp³-hybridized carbons (Fsp3) is 0.263. The zero-order valence-corrected chi connectivity index (χ0v) is 15.3. The third-order valence-corrected chi connectivity index (χ3v) is 4.57. The van der Waals surface area contributed by atoms with E-state index < -0.39 is 11.7 Å². The summed E-state index contributed by atoms with van der Waals surface area (Å²) in [5.41, 5.74) is 1.58. The summed E-state index contributed by atoms with van der Waals surface area (Å²) in [5.74, 6) is -1.60. The number of anilines is 3. The average molecular weight is 376 g/mol. The summed E-state index contributed by atoms with van der Waals surface area (Å²) < 4.78 is 14.0. The highest BCUT2D eigenvalue weighted by Crippen LogP contribution is 2.31. The highest BCUT2D eigenvalue weighted by atomic mass is 35.5. The summed E-state index contributed by atoms with van der Waals surface area (Å²) in [4.78, 5) is 28.1. The van der Waals surface area contributed by atoms with Crippen LogP contribution in [0.1, 0.15) is 6.42 Å². The number of nitrogens with zero attached hydrogens (tertiary/aromatic N) is 2. The van der Waals surface area contributed by atoms with Gasteiger partial charge in [-0.25, -0.2) is 4.39 Å². The maximum atomic E-state index is 14.0. The standard InChI is InChI=1S/C19H19ClFN3O2/c1-23(2)17-8-7-13(20)10-15(17)22-19(26)12-9-18(25)24(11-12)16-6-4-3-5-14(16)21/h3-8,10,12H,9,11H2,1-2H3,(H,22,26). The minimum absolute atomic E-state index is 0.0397. The van der Waals surface area contributed by atoms with E-state index in [1.807, 2.05) is 25.1 Å². The molecule has 0 saturated carbocycles. The minimum atomic E-state index is -0.559. The molecule has 5 nitrogen and oxygen atoms in total. The lowest BCUT2D eigenvalue weighted by Crippen LogP contribution is -2.29. The molecule has 0 aromatic heterocycles. The number of carbonyl (C=O) groups is 2. The first-order chi connectivity index (χ1) is 12.4. The number of nitrogens with one attached hydrogen (secondary N) is 1. The number of halogens is 2. The number of hydrogen-bond acceptors (Lipinski definition) is 3. The van der Waals surface area contributed by atoms with Crippen molar-refractivity contribution in [1.29, 1.82) is 0 Å². The van der Waals surface area contributed by atoms with Gasteiger partial charge >= 0.3 is 0 Å². The molecule has 1 aliphatic heterocycles. The van der Waals surface area contributed by atoms with E-state index in [0.717, 1.165) is 5.69 Å². The molecular formula is C19H19ClFN3O2. The lowest BCUT2D eigenvalue weighted by Gasteiger charge is -2.20. The molecule has 0 aliphatic carbocycles. The zero-order chi connectivity index (χ0) is 18.8. The van der Waals surface area contributed by atoms with Crippen molar-refractivity contribution < 1.29 is 14.0 Å². The summed E-state index contributed by atoms with van der Waals surface area (Å²) in [5, 5.41) is 3.35. The molecule has 1 saturated heterocycles. The number of benzene rings is 2. The SMILES string of the molecule is CN(C)c1ccc(Cl)cc1NC(=O)C1CC(=O)N(c2ccccc2F)C1. The van der Waals surface area contributed by atoms with Crippen molar-refractivity contribution in [3.8, 4) is 0 Å². The molecule has 0 spiro atoms. The van der Waals surface area contributed by atoms with Crippen LogP contribution in [-0.4, -0.2) is 32.5 Å². The number of hydrogen-bond donors (Lipinski definition) is 1. The van der Waals surface area contributed by atoms with E-state index in [0.29, 0.717) is 10.7 Å². The fourth-order valence-corrected chi connectivity index (χ4v) is 3.19. The molecule has 2 aromatic rings. The summed E-state index contributed by atoms with van der Waals surface area (Å²) in [6.07, 6.45) is 0.0397. The molecule has 7 heteroatoms. The molecule has 0 bridgehead atoms. The fourth-order valence-electron chi connectivity index (χ4n) is 3.02. The minimum Gasteiger partial charge on any atom is -0.376 e. The normalized spacial score (nSPS) is 16.7. The van der Waals surface area contributed by atoms with Crippen LogP contribution in [0.3, 0.4) is 0 Å². The maximum Gasteiger partial charge on any atom is 0.229 e. The quantitative estimate of drug-likeness (QED) is 0.889. The molecule has 26 heavy (non-hydrogen) atoms. The van der Waals surface area contributed by atoms with Crippen LogP contribution in [0.15, 0.2) is 42.5 Å². The van der Waals surface area contributed by atoms with E-state index in [4.69, 9.17) is 11.6 Å². The second-order valence-corrected chi connectivity index (χ2v) is 6.84. The molecule has 2 amide bonds. The molecular weight excluding hydrogens is 357 g/mol. The molecule has 1 N–H and O–H groups in total. The molecule has 1 fully saturated rings. The van der Waals surface area contributed by atoms with Crippen molar-refractivity contribution in [3.05, 3.63) is 53.3 Å². The number of carbonyl (C=O) groups excluding carboxylic acids is 2. The Bertz CT molecular complexity index is 856. The van der Waals surface area contributed by atoms with Crippen LogP contribution in [0.25, 0.3) is 0 Å². The smallest absolute Gasteiger partial charge is 0.229 e. The molecule has 1 aliphatic rings. The predicted molar refractivity (Wildman–Crippen MR) is 101 cm³/mol. The second-order valence-electron chi connectivity index (χ2n) is 6.40. The molecule has 1 heterocycles. The lowest BCUT2D eigenvalue weighted by molar-refractivity contribution is -0.122. The van der Waals surface area contributed by atoms with Crippen molar-refractivity contribution >= 4 is 40.5 Å². The molecule has 2 aromatic carbocycles. The van der Waals surface area contributed by atoms with Crippen LogP contribution in [0.5, 0.6) is 0 Å². The highest BCUT2D eigenvalue weighted by molar-refractivity contribution is 6.31. The van der Waals surface area contributed by atoms with Crippen LogP contribution in [0.2, 0.25) is 5.02 Å². The van der Waals surface area contributed by atoms with Crippen LogP contribution >= 0.6 is 11.6 Å². The second kappa shape index (κ2) is 7.33. The molecule has 136 valence electrons. The monoisotopic (exact) mass is 375 g/mol. The zero-order valence-electron chi connectivity index (χ0n) is 14.5. The number of para-hydroxylation sites is 1. The van der Waals surface area contributed by atoms with Gasteiger partial charge in [-0.15, -0.1) is 0 Å². The van der Waals surface area contributed by atoms with Crippen LogP contribution < -0.4 is 15.1 Å². The van der Waals surface area contributed by atoms with Gasteiger partial charge in [-0.05, 0) is 30.3 Å². The van der Waals surface area contributed by atoms with E-state index in [-0.39, 0.29) is 30.5 Å². The van der Waals surface area contributed by atoms with E-state index in [9.17, 15) is 14.0 Å². The summed E-state index contributed by atoms with van der Waals surface area (Å²) in [7, 11) is 3.72. The molecule has 3 rings (SSSR count). The van der Waals surface area contributed by atoms with Gasteiger partial charge < -0.3 is 15.1 Å². The first kappa shape index (κ1) is 18.2. The molecule has 1 unspecified atom stereocenters. The highest BCUT2D eigenvalue weighted by Gasteiger charge is 2.36. The van der Waals surface area contributed by atoms with Crippen molar-refractivity contribution in [3.63, 3.8) is 0 Å². The Hall–Kier alpha value is -2.60. The van der Waals surface area contributed by atoms with Gasteiger partial charge in [-0.2, -0.15) is 0 Å². The van der Waals surface area contributed by atoms with Crippen LogP contribution in [-0.2, 0) is 9.59 Å². The van der Waals surface area contributed by atoms with Gasteiger partial charge in [-0.1, -0.05) is 23.7 Å². The van der Waals surface area contributed by atoms with Gasteiger partial charge in [0.1, 0.15) is 5.82 Å². The van der Waals surface area contributed by atoms with Crippen molar-refractivity contribution in [2.24, 2.45) is 5.92 Å². The molecule has 0 radical (unpaired) electrons. The number of rotatable bonds is 4. The van der Waals surface area contributed by atoms with E-state index in [2.05, 4.69) is 5.32 Å². The van der Waals surface area contributed by atoms with Crippen molar-refractivity contribution in [2.45, 2.75) is 6.42 Å². The van der Waals surface area contributed by atoms with E-state index in [1.165, 1.54) is 17.0 Å². The van der Waals surface area contributed by atoms with Gasteiger partial charge in [0.2, 0.25) is 11.8 Å². The third-order valence-electron chi connectivity index (χ3n) is 4.34. The predicted octanol–water partition coefficient (Wildman–Crippen LogP) is 3.54. The van der Waals surface area contributed by atoms with E-state index in [1.54, 1.807) is 24.3 Å². The van der Waals surface area contributed by atoms with Gasteiger partial charge in [-0.3, -0.25) is 9.59 Å². The van der Waals surface area contributed by atoms with E-state index >= 15 is 0 Å². The Morgan fingerprint density at radius 2 is 2.00 bits per heavy atom. The Morgan fingerprint density at radius 1 is 1.27 bits per heavy atom. The Labute approximate surface area is 156 Å². The summed E-state index contributed by atoms with van der Waals surface area (Å²) in [6.45, 7) is 0.142. The van der Waals surface area contributed by atoms with Crippen LogP contribution in [0, 0.1) is 11.7 Å². The average Bonchev–Trinajstić information content (AvgIpc) is 2.97. The van der Waals surface area contributed by atoms with Crippen molar-refractivity contribution in [2.75, 3.05) is 35.8 Å². The molecule has 1 atom stereocenters. The largest absolute Gasteiger partial charge is 0.376 e. The third kappa shape index (κ3) is 3.65. The summed E-state index contributed by atoms with van der Waals surface area (Å²) in [6, 6.07) is 11.3. The lowest BCUT2D eigenvalue weighted by atomic mass is 10.1. The Kier molecular flexibility index (Phi) is 5.13. The van der Waals surface area contributed by atoms with Gasteiger partial charge in [0.05, 0.1) is 23.0 Å². The topological polar surface area (TPSA) is 52.7 Å². The van der Waals surface area contributed by atoms with Gasteiger partial charge in [0.15, 0.2) is 0 Å². The Balaban J connectivity index is 1.77. The number of amides is 2. The first-order valence-electron chi connectivity index (χ1n) is 8.19. The maximum absolute atomic E-state index is 14.0. The first-order valence-corrected chi connectivity index (χ1v) is 8.57. The van der Waals surface area contributed by atoms with Gasteiger partial charge in [0, 0.05) is 32.1 Å². The van der Waals surface area contributed by atoms with Crippen molar-refractivity contribution in [1.82, 2.24) is 0 Å². The van der Waals surface area contributed by atoms with Crippen LogP contribution in [0.4, 0.5) is 21.5 Å². The Morgan fingerprint density at radius 3 is 2.69 bits per heavy atom.